The van der Waals surface area contributed by atoms with Gasteiger partial charge in [-0.2, -0.15) is 13.2 Å². The summed E-state index contributed by atoms with van der Waals surface area (Å²) in [5.41, 5.74) is -3.28. The minimum absolute atomic E-state index is 0.165. The number of esters is 1. The summed E-state index contributed by atoms with van der Waals surface area (Å²) in [5.74, 6) is -1.77. The van der Waals surface area contributed by atoms with Crippen LogP contribution >= 0.6 is 0 Å². The maximum absolute atomic E-state index is 13.0. The summed E-state index contributed by atoms with van der Waals surface area (Å²) in [5, 5.41) is 1.90. The smallest absolute Gasteiger partial charge is 0.448 e. The van der Waals surface area contributed by atoms with Crippen molar-refractivity contribution in [2.24, 2.45) is 0 Å². The molecule has 8 heteroatoms. The van der Waals surface area contributed by atoms with Crippen molar-refractivity contribution in [2.45, 2.75) is 11.9 Å². The van der Waals surface area contributed by atoms with Crippen LogP contribution in [-0.4, -0.2) is 37.1 Å². The average Bonchev–Trinajstić information content (AvgIpc) is 2.34. The Morgan fingerprint density at radius 3 is 2.39 bits per heavy atom. The molecule has 1 rings (SSSR count). The summed E-state index contributed by atoms with van der Waals surface area (Å²) < 4.78 is 47.4. The number of anilines is 1. The molecule has 0 aliphatic rings. The highest BCUT2D eigenvalue weighted by Crippen LogP contribution is 2.34. The number of methoxy groups -OCH3 is 2. The first-order valence-corrected chi connectivity index (χ1v) is 4.77. The highest BCUT2D eigenvalue weighted by atomic mass is 19.4. The van der Waals surface area contributed by atoms with E-state index in [1.54, 1.807) is 0 Å². The van der Waals surface area contributed by atoms with Crippen LogP contribution in [0.5, 0.6) is 0 Å². The predicted molar refractivity (Wildman–Crippen MR) is 55.7 cm³/mol. The number of carbonyl (C=O) groups excluding carboxylic acids is 1. The molecule has 1 atom stereocenters. The second-order valence-electron chi connectivity index (χ2n) is 3.21. The monoisotopic (exact) mass is 264 g/mol. The van der Waals surface area contributed by atoms with Gasteiger partial charge in [-0.1, -0.05) is 6.07 Å². The van der Waals surface area contributed by atoms with Crippen molar-refractivity contribution in [3.63, 3.8) is 0 Å². The van der Waals surface area contributed by atoms with Crippen molar-refractivity contribution >= 4 is 11.8 Å². The number of alkyl halides is 3. The van der Waals surface area contributed by atoms with Crippen LogP contribution in [0.15, 0.2) is 24.4 Å². The topological polar surface area (TPSA) is 60.5 Å². The fraction of sp³-hybridized carbons (Fsp3) is 0.400. The number of carbonyl (C=O) groups is 1. The Labute approximate surface area is 101 Å². The lowest BCUT2D eigenvalue weighted by Crippen LogP contribution is -2.60. The van der Waals surface area contributed by atoms with Crippen molar-refractivity contribution in [3.8, 4) is 0 Å². The van der Waals surface area contributed by atoms with Gasteiger partial charge in [0.2, 0.25) is 0 Å². The Hall–Kier alpha value is -1.83. The Kier molecular flexibility index (Phi) is 4.12. The number of nitrogens with one attached hydrogen (secondary N) is 1. The molecule has 1 aromatic heterocycles. The summed E-state index contributed by atoms with van der Waals surface area (Å²) in [6, 6.07) is 4.25. The normalized spacial score (nSPS) is 14.7. The number of hydrogen-bond donors (Lipinski definition) is 1. The van der Waals surface area contributed by atoms with Gasteiger partial charge in [0.1, 0.15) is 5.82 Å². The molecular weight excluding hydrogens is 253 g/mol. The summed E-state index contributed by atoms with van der Waals surface area (Å²) in [4.78, 5) is 15.0. The predicted octanol–water partition coefficient (Wildman–Crippen LogP) is 1.57. The second kappa shape index (κ2) is 5.21. The summed E-state index contributed by atoms with van der Waals surface area (Å²) in [7, 11) is 1.59. The van der Waals surface area contributed by atoms with E-state index in [0.29, 0.717) is 0 Å². The fourth-order valence-corrected chi connectivity index (χ4v) is 1.25. The van der Waals surface area contributed by atoms with Crippen LogP contribution in [0.25, 0.3) is 0 Å². The Balaban J connectivity index is 3.16. The van der Waals surface area contributed by atoms with Gasteiger partial charge in [0.05, 0.1) is 7.11 Å². The van der Waals surface area contributed by atoms with Crippen LogP contribution < -0.4 is 5.32 Å². The van der Waals surface area contributed by atoms with E-state index in [0.717, 1.165) is 14.2 Å². The molecule has 1 aromatic rings. The van der Waals surface area contributed by atoms with Gasteiger partial charge < -0.3 is 14.8 Å². The van der Waals surface area contributed by atoms with E-state index in [4.69, 9.17) is 0 Å². The first-order chi connectivity index (χ1) is 8.37. The quantitative estimate of drug-likeness (QED) is 0.660. The molecule has 0 aromatic carbocycles. The van der Waals surface area contributed by atoms with Crippen molar-refractivity contribution in [2.75, 3.05) is 19.5 Å². The molecule has 1 N–H and O–H groups in total. The van der Waals surface area contributed by atoms with Crippen LogP contribution in [0.3, 0.4) is 0 Å². The van der Waals surface area contributed by atoms with Gasteiger partial charge in [-0.25, -0.2) is 9.78 Å². The lowest BCUT2D eigenvalue weighted by Gasteiger charge is -2.32. The SMILES string of the molecule is COC(=O)[C@@](Nc1ccccn1)(OC)C(F)(F)F. The number of rotatable bonds is 4. The number of aromatic nitrogens is 1. The Morgan fingerprint density at radius 1 is 1.33 bits per heavy atom. The van der Waals surface area contributed by atoms with Gasteiger partial charge in [-0.05, 0) is 12.1 Å². The molecule has 0 amide bonds. The van der Waals surface area contributed by atoms with E-state index in [-0.39, 0.29) is 5.82 Å². The Morgan fingerprint density at radius 2 is 2.00 bits per heavy atom. The molecule has 0 unspecified atom stereocenters. The van der Waals surface area contributed by atoms with Crippen LogP contribution in [0.1, 0.15) is 0 Å². The summed E-state index contributed by atoms with van der Waals surface area (Å²) >= 11 is 0. The molecule has 0 aliphatic carbocycles. The van der Waals surface area contributed by atoms with Crippen LogP contribution in [0.2, 0.25) is 0 Å². The number of nitrogens with zero attached hydrogens (tertiary/aromatic N) is 1. The number of ether oxygens (including phenoxy) is 2. The zero-order valence-electron chi connectivity index (χ0n) is 9.62. The van der Waals surface area contributed by atoms with Crippen LogP contribution in [-0.2, 0) is 14.3 Å². The molecule has 1 heterocycles. The lowest BCUT2D eigenvalue weighted by molar-refractivity contribution is -0.259. The number of halogens is 3. The van der Waals surface area contributed by atoms with E-state index in [9.17, 15) is 18.0 Å². The molecule has 0 bridgehead atoms. The molecule has 18 heavy (non-hydrogen) atoms. The van der Waals surface area contributed by atoms with E-state index in [2.05, 4.69) is 14.5 Å². The van der Waals surface area contributed by atoms with Crippen molar-refractivity contribution in [1.29, 1.82) is 0 Å². The lowest BCUT2D eigenvalue weighted by atomic mass is 10.2. The minimum Gasteiger partial charge on any atom is -0.465 e. The maximum Gasteiger partial charge on any atom is 0.448 e. The third-order valence-electron chi connectivity index (χ3n) is 2.15. The van der Waals surface area contributed by atoms with Crippen LogP contribution in [0.4, 0.5) is 19.0 Å². The zero-order chi connectivity index (χ0) is 13.8. The molecule has 100 valence electrons. The van der Waals surface area contributed by atoms with E-state index < -0.39 is 17.9 Å². The molecule has 0 spiro atoms. The molecule has 0 saturated carbocycles. The highest BCUT2D eigenvalue weighted by Gasteiger charge is 2.63. The Bertz CT molecular complexity index is 411. The van der Waals surface area contributed by atoms with Gasteiger partial charge >= 0.3 is 17.9 Å². The van der Waals surface area contributed by atoms with Crippen molar-refractivity contribution in [1.82, 2.24) is 4.98 Å². The van der Waals surface area contributed by atoms with E-state index in [1.807, 2.05) is 5.32 Å². The van der Waals surface area contributed by atoms with Crippen molar-refractivity contribution < 1.29 is 27.4 Å². The molecule has 5 nitrogen and oxygen atoms in total. The molecular formula is C10H11F3N2O3. The van der Waals surface area contributed by atoms with Gasteiger partial charge in [0.15, 0.2) is 0 Å². The summed E-state index contributed by atoms with van der Waals surface area (Å²) in [6.45, 7) is 0. The van der Waals surface area contributed by atoms with E-state index in [1.165, 1.54) is 24.4 Å². The maximum atomic E-state index is 13.0. The van der Waals surface area contributed by atoms with E-state index >= 15 is 0 Å². The first-order valence-electron chi connectivity index (χ1n) is 4.77. The van der Waals surface area contributed by atoms with Gasteiger partial charge in [-0.15, -0.1) is 0 Å². The first kappa shape index (κ1) is 14.2. The van der Waals surface area contributed by atoms with Gasteiger partial charge in [0, 0.05) is 13.3 Å². The second-order valence-corrected chi connectivity index (χ2v) is 3.21. The van der Waals surface area contributed by atoms with Gasteiger partial charge in [-0.3, -0.25) is 0 Å². The minimum atomic E-state index is -5.01. The number of hydrogen-bond acceptors (Lipinski definition) is 5. The third kappa shape index (κ3) is 2.53. The molecule has 0 radical (unpaired) electrons. The van der Waals surface area contributed by atoms with Gasteiger partial charge in [0.25, 0.3) is 0 Å². The standard InChI is InChI=1S/C10H11F3N2O3/c1-17-8(16)9(18-2,10(11,12)13)15-7-5-3-4-6-14-7/h3-6H,1-2H3,(H,14,15)/t9-/m1/s1. The zero-order valence-corrected chi connectivity index (χ0v) is 9.62. The largest absolute Gasteiger partial charge is 0.465 e. The third-order valence-corrected chi connectivity index (χ3v) is 2.15. The molecule has 0 saturated heterocycles. The average molecular weight is 264 g/mol. The molecule has 0 aliphatic heterocycles. The number of pyridine rings is 1. The molecule has 0 fully saturated rings. The van der Waals surface area contributed by atoms with Crippen molar-refractivity contribution in [3.05, 3.63) is 24.4 Å². The summed E-state index contributed by atoms with van der Waals surface area (Å²) in [6.07, 6.45) is -3.73. The van der Waals surface area contributed by atoms with Crippen LogP contribution in [0, 0.1) is 0 Å². The fourth-order valence-electron chi connectivity index (χ4n) is 1.25. The highest BCUT2D eigenvalue weighted by molar-refractivity contribution is 5.83.